The molecular weight excluding hydrogens is 287 g/mol. The molecule has 1 atom stereocenters. The molecule has 6 heteroatoms. The number of amides is 2. The van der Waals surface area contributed by atoms with Crippen molar-refractivity contribution in [3.63, 3.8) is 0 Å². The zero-order chi connectivity index (χ0) is 15.9. The summed E-state index contributed by atoms with van der Waals surface area (Å²) in [6.07, 6.45) is -1.12. The number of methoxy groups -OCH3 is 1. The molecule has 5 nitrogen and oxygen atoms in total. The first-order valence-corrected chi connectivity index (χ1v) is 6.72. The van der Waals surface area contributed by atoms with Crippen LogP contribution in [-0.2, 0) is 0 Å². The molecule has 0 aliphatic rings. The molecule has 0 radical (unpaired) electrons. The highest BCUT2D eigenvalue weighted by Gasteiger charge is 2.14. The highest BCUT2D eigenvalue weighted by atomic mass is 19.1. The minimum absolute atomic E-state index is 0.109. The zero-order valence-corrected chi connectivity index (χ0v) is 12.0. The topological polar surface area (TPSA) is 70.6 Å². The smallest absolute Gasteiger partial charge is 0.319 e. The summed E-state index contributed by atoms with van der Waals surface area (Å²) in [4.78, 5) is 11.8. The van der Waals surface area contributed by atoms with Crippen LogP contribution in [-0.4, -0.2) is 24.8 Å². The number of aliphatic hydroxyl groups is 1. The van der Waals surface area contributed by atoms with Gasteiger partial charge in [-0.1, -0.05) is 30.3 Å². The predicted molar refractivity (Wildman–Crippen MR) is 81.4 cm³/mol. The van der Waals surface area contributed by atoms with Crippen molar-refractivity contribution in [1.29, 1.82) is 0 Å². The van der Waals surface area contributed by atoms with Gasteiger partial charge in [-0.15, -0.1) is 0 Å². The molecule has 0 heterocycles. The van der Waals surface area contributed by atoms with Crippen molar-refractivity contribution in [2.45, 2.75) is 6.10 Å². The van der Waals surface area contributed by atoms with E-state index in [-0.39, 0.29) is 12.1 Å². The lowest BCUT2D eigenvalue weighted by atomic mass is 10.1. The van der Waals surface area contributed by atoms with Crippen LogP contribution in [0.25, 0.3) is 0 Å². The highest BCUT2D eigenvalue weighted by molar-refractivity contribution is 5.90. The average molecular weight is 304 g/mol. The maximum atomic E-state index is 13.5. The van der Waals surface area contributed by atoms with Crippen molar-refractivity contribution in [1.82, 2.24) is 5.32 Å². The average Bonchev–Trinajstić information content (AvgIpc) is 2.53. The van der Waals surface area contributed by atoms with E-state index < -0.39 is 18.0 Å². The number of benzene rings is 2. The van der Waals surface area contributed by atoms with Gasteiger partial charge in [0.05, 0.1) is 18.9 Å². The third-order valence-electron chi connectivity index (χ3n) is 3.08. The van der Waals surface area contributed by atoms with Crippen molar-refractivity contribution < 1.29 is 19.0 Å². The first-order valence-electron chi connectivity index (χ1n) is 6.72. The van der Waals surface area contributed by atoms with Crippen LogP contribution in [0.5, 0.6) is 5.75 Å². The number of aliphatic hydroxyl groups excluding tert-OH is 1. The summed E-state index contributed by atoms with van der Waals surface area (Å²) in [6.45, 7) is -0.109. The van der Waals surface area contributed by atoms with Gasteiger partial charge in [0.15, 0.2) is 0 Å². The molecule has 3 N–H and O–H groups in total. The molecule has 22 heavy (non-hydrogen) atoms. The Morgan fingerprint density at radius 2 is 1.91 bits per heavy atom. The van der Waals surface area contributed by atoms with Crippen LogP contribution in [0.4, 0.5) is 14.9 Å². The van der Waals surface area contributed by atoms with Gasteiger partial charge in [-0.25, -0.2) is 9.18 Å². The van der Waals surface area contributed by atoms with Gasteiger partial charge in [0.2, 0.25) is 0 Å². The van der Waals surface area contributed by atoms with Gasteiger partial charge >= 0.3 is 6.03 Å². The quantitative estimate of drug-likeness (QED) is 0.795. The molecule has 116 valence electrons. The molecule has 2 aromatic rings. The number of hydrogen-bond acceptors (Lipinski definition) is 3. The van der Waals surface area contributed by atoms with E-state index in [1.165, 1.54) is 25.3 Å². The molecular formula is C16H17FN2O3. The minimum atomic E-state index is -1.12. The molecule has 2 amide bonds. The first kappa shape index (κ1) is 15.8. The number of anilines is 1. The maximum absolute atomic E-state index is 13.5. The van der Waals surface area contributed by atoms with E-state index in [0.29, 0.717) is 11.4 Å². The van der Waals surface area contributed by atoms with E-state index in [4.69, 9.17) is 4.74 Å². The van der Waals surface area contributed by atoms with Crippen LogP contribution in [0, 0.1) is 5.82 Å². The van der Waals surface area contributed by atoms with Crippen molar-refractivity contribution in [3.8, 4) is 5.75 Å². The Morgan fingerprint density at radius 3 is 2.64 bits per heavy atom. The van der Waals surface area contributed by atoms with Gasteiger partial charge in [0.1, 0.15) is 11.6 Å². The highest BCUT2D eigenvalue weighted by Crippen LogP contribution is 2.22. The number of halogens is 1. The van der Waals surface area contributed by atoms with Crippen LogP contribution in [0.15, 0.2) is 48.5 Å². The van der Waals surface area contributed by atoms with Gasteiger partial charge in [-0.05, 0) is 18.2 Å². The molecule has 1 unspecified atom stereocenters. The summed E-state index contributed by atoms with van der Waals surface area (Å²) in [7, 11) is 1.50. The number of carbonyl (C=O) groups is 1. The Bertz CT molecular complexity index is 649. The van der Waals surface area contributed by atoms with E-state index in [0.717, 1.165) is 0 Å². The van der Waals surface area contributed by atoms with Crippen molar-refractivity contribution in [3.05, 3.63) is 59.9 Å². The molecule has 2 rings (SSSR count). The monoisotopic (exact) mass is 304 g/mol. The number of rotatable bonds is 5. The van der Waals surface area contributed by atoms with Gasteiger partial charge in [0.25, 0.3) is 0 Å². The third kappa shape index (κ3) is 3.95. The summed E-state index contributed by atoms with van der Waals surface area (Å²) >= 11 is 0. The third-order valence-corrected chi connectivity index (χ3v) is 3.08. The molecule has 0 fully saturated rings. The number of ether oxygens (including phenoxy) is 1. The molecule has 0 aliphatic heterocycles. The molecule has 0 aliphatic carbocycles. The lowest BCUT2D eigenvalue weighted by Crippen LogP contribution is -2.32. The second-order valence-corrected chi connectivity index (χ2v) is 4.57. The Balaban J connectivity index is 1.92. The standard InChI is InChI=1S/C16H17FN2O3/c1-22-15-9-5-4-8-13(15)19-16(21)18-10-14(20)11-6-2-3-7-12(11)17/h2-9,14,20H,10H2,1H3,(H2,18,19,21). The number of hydrogen-bond donors (Lipinski definition) is 3. The number of nitrogens with one attached hydrogen (secondary N) is 2. The fourth-order valence-corrected chi connectivity index (χ4v) is 1.96. The zero-order valence-electron chi connectivity index (χ0n) is 12.0. The molecule has 0 aromatic heterocycles. The normalized spacial score (nSPS) is 11.6. The summed E-state index contributed by atoms with van der Waals surface area (Å²) in [5, 5.41) is 15.0. The maximum Gasteiger partial charge on any atom is 0.319 e. The van der Waals surface area contributed by atoms with Gasteiger partial charge in [0, 0.05) is 12.1 Å². The second-order valence-electron chi connectivity index (χ2n) is 4.57. The Kier molecular flexibility index (Phi) is 5.32. The first-order chi connectivity index (χ1) is 10.6. The molecule has 0 saturated carbocycles. The second kappa shape index (κ2) is 7.42. The van der Waals surface area contributed by atoms with Crippen molar-refractivity contribution >= 4 is 11.7 Å². The SMILES string of the molecule is COc1ccccc1NC(=O)NCC(O)c1ccccc1F. The molecule has 0 saturated heterocycles. The van der Waals surface area contributed by atoms with Crippen molar-refractivity contribution in [2.24, 2.45) is 0 Å². The van der Waals surface area contributed by atoms with E-state index in [2.05, 4.69) is 10.6 Å². The predicted octanol–water partition coefficient (Wildman–Crippen LogP) is 2.69. The van der Waals surface area contributed by atoms with E-state index in [1.54, 1.807) is 30.3 Å². The fourth-order valence-electron chi connectivity index (χ4n) is 1.96. The van der Waals surface area contributed by atoms with Crippen molar-refractivity contribution in [2.75, 3.05) is 19.0 Å². The summed E-state index contributed by atoms with van der Waals surface area (Å²) < 4.78 is 18.6. The van der Waals surface area contributed by atoms with Crippen LogP contribution in [0.1, 0.15) is 11.7 Å². The Hall–Kier alpha value is -2.60. The molecule has 0 bridgehead atoms. The van der Waals surface area contributed by atoms with Gasteiger partial charge in [-0.3, -0.25) is 0 Å². The van der Waals surface area contributed by atoms with Gasteiger partial charge in [-0.2, -0.15) is 0 Å². The summed E-state index contributed by atoms with van der Waals surface area (Å²) in [5.41, 5.74) is 0.642. The van der Waals surface area contributed by atoms with Crippen LogP contribution < -0.4 is 15.4 Å². The van der Waals surface area contributed by atoms with Crippen LogP contribution in [0.3, 0.4) is 0 Å². The van der Waals surface area contributed by atoms with E-state index >= 15 is 0 Å². The summed E-state index contributed by atoms with van der Waals surface area (Å²) in [6, 6.07) is 12.3. The lowest BCUT2D eigenvalue weighted by molar-refractivity contribution is 0.170. The Labute approximate surface area is 127 Å². The van der Waals surface area contributed by atoms with E-state index in [1.807, 2.05) is 0 Å². The van der Waals surface area contributed by atoms with Crippen LogP contribution in [0.2, 0.25) is 0 Å². The number of para-hydroxylation sites is 2. The van der Waals surface area contributed by atoms with E-state index in [9.17, 15) is 14.3 Å². The largest absolute Gasteiger partial charge is 0.495 e. The summed E-state index contributed by atoms with van der Waals surface area (Å²) in [5.74, 6) is 0.00855. The molecule has 2 aromatic carbocycles. The molecule has 0 spiro atoms. The number of carbonyl (C=O) groups excluding carboxylic acids is 1. The van der Waals surface area contributed by atoms with Gasteiger partial charge < -0.3 is 20.5 Å². The van der Waals surface area contributed by atoms with Crippen LogP contribution >= 0.6 is 0 Å². The minimum Gasteiger partial charge on any atom is -0.495 e. The fraction of sp³-hybridized carbons (Fsp3) is 0.188. The Morgan fingerprint density at radius 1 is 1.23 bits per heavy atom. The number of urea groups is 1. The lowest BCUT2D eigenvalue weighted by Gasteiger charge is -2.14.